The third kappa shape index (κ3) is 3.22. The molecule has 3 aromatic rings. The van der Waals surface area contributed by atoms with Crippen LogP contribution in [0.25, 0.3) is 10.2 Å². The standard InChI is InChI=1S/C18H17N3O3S2/c1-21-17(23)16-13(7-9-25-16)20-18(21)26-10-15(22)19-12-6-8-24-14-5-3-2-4-11(12)14/h2-5,7,9,12H,6,8,10H2,1H3,(H,19,22). The van der Waals surface area contributed by atoms with Gasteiger partial charge in [-0.05, 0) is 17.5 Å². The minimum Gasteiger partial charge on any atom is -0.493 e. The molecule has 1 aromatic carbocycles. The Labute approximate surface area is 158 Å². The number of para-hydroxylation sites is 1. The van der Waals surface area contributed by atoms with Gasteiger partial charge in [0, 0.05) is 19.0 Å². The molecular weight excluding hydrogens is 370 g/mol. The highest BCUT2D eigenvalue weighted by atomic mass is 32.2. The average molecular weight is 387 g/mol. The molecule has 0 saturated carbocycles. The van der Waals surface area contributed by atoms with Crippen LogP contribution < -0.4 is 15.6 Å². The fourth-order valence-corrected chi connectivity index (χ4v) is 4.54. The summed E-state index contributed by atoms with van der Waals surface area (Å²) in [5.74, 6) is 0.940. The number of thioether (sulfide) groups is 1. The molecule has 2 aromatic heterocycles. The van der Waals surface area contributed by atoms with E-state index >= 15 is 0 Å². The highest BCUT2D eigenvalue weighted by Crippen LogP contribution is 2.31. The molecule has 1 N–H and O–H groups in total. The lowest BCUT2D eigenvalue weighted by Crippen LogP contribution is -2.33. The van der Waals surface area contributed by atoms with Crippen molar-refractivity contribution >= 4 is 39.2 Å². The molecule has 1 aliphatic heterocycles. The zero-order chi connectivity index (χ0) is 18.1. The summed E-state index contributed by atoms with van der Waals surface area (Å²) in [6.07, 6.45) is 0.741. The van der Waals surface area contributed by atoms with Crippen LogP contribution in [-0.2, 0) is 11.8 Å². The predicted molar refractivity (Wildman–Crippen MR) is 103 cm³/mol. The molecule has 0 spiro atoms. The molecular formula is C18H17N3O3S2. The maximum absolute atomic E-state index is 12.4. The Morgan fingerprint density at radius 3 is 3.15 bits per heavy atom. The molecule has 0 aliphatic carbocycles. The van der Waals surface area contributed by atoms with E-state index in [1.54, 1.807) is 7.05 Å². The predicted octanol–water partition coefficient (Wildman–Crippen LogP) is 2.73. The molecule has 26 heavy (non-hydrogen) atoms. The molecule has 3 heterocycles. The number of thiophene rings is 1. The zero-order valence-corrected chi connectivity index (χ0v) is 15.7. The molecule has 4 rings (SSSR count). The molecule has 0 radical (unpaired) electrons. The normalized spacial score (nSPS) is 16.1. The molecule has 8 heteroatoms. The van der Waals surface area contributed by atoms with E-state index < -0.39 is 0 Å². The lowest BCUT2D eigenvalue weighted by Gasteiger charge is -2.26. The van der Waals surface area contributed by atoms with Crippen LogP contribution in [0.5, 0.6) is 5.75 Å². The van der Waals surface area contributed by atoms with Crippen LogP contribution in [0.1, 0.15) is 18.0 Å². The van der Waals surface area contributed by atoms with Crippen LogP contribution in [0.15, 0.2) is 45.7 Å². The average Bonchev–Trinajstić information content (AvgIpc) is 3.12. The maximum Gasteiger partial charge on any atom is 0.271 e. The van der Waals surface area contributed by atoms with Crippen molar-refractivity contribution in [3.63, 3.8) is 0 Å². The Bertz CT molecular complexity index is 1030. The number of amides is 1. The highest BCUT2D eigenvalue weighted by Gasteiger charge is 2.22. The van der Waals surface area contributed by atoms with Crippen molar-refractivity contribution in [2.45, 2.75) is 17.6 Å². The van der Waals surface area contributed by atoms with Crippen LogP contribution in [-0.4, -0.2) is 27.8 Å². The summed E-state index contributed by atoms with van der Waals surface area (Å²) in [6.45, 7) is 0.583. The summed E-state index contributed by atoms with van der Waals surface area (Å²) in [5.41, 5.74) is 1.60. The summed E-state index contributed by atoms with van der Waals surface area (Å²) in [5, 5.41) is 5.45. The second-order valence-electron chi connectivity index (χ2n) is 5.98. The van der Waals surface area contributed by atoms with Crippen molar-refractivity contribution in [2.75, 3.05) is 12.4 Å². The molecule has 0 saturated heterocycles. The Morgan fingerprint density at radius 2 is 2.27 bits per heavy atom. The van der Waals surface area contributed by atoms with E-state index in [4.69, 9.17) is 4.74 Å². The second kappa shape index (κ2) is 7.13. The fraction of sp³-hybridized carbons (Fsp3) is 0.278. The molecule has 134 valence electrons. The van der Waals surface area contributed by atoms with Crippen molar-refractivity contribution in [1.29, 1.82) is 0 Å². The quantitative estimate of drug-likeness (QED) is 0.550. The molecule has 1 aliphatic rings. The van der Waals surface area contributed by atoms with E-state index in [2.05, 4.69) is 10.3 Å². The first-order chi connectivity index (χ1) is 12.6. The van der Waals surface area contributed by atoms with Crippen molar-refractivity contribution in [3.05, 3.63) is 51.6 Å². The van der Waals surface area contributed by atoms with Gasteiger partial charge < -0.3 is 10.1 Å². The topological polar surface area (TPSA) is 73.2 Å². The number of hydrogen-bond acceptors (Lipinski definition) is 6. The maximum atomic E-state index is 12.4. The molecule has 1 unspecified atom stereocenters. The Kier molecular flexibility index (Phi) is 4.69. The van der Waals surface area contributed by atoms with Gasteiger partial charge in [0.1, 0.15) is 10.4 Å². The van der Waals surface area contributed by atoms with Gasteiger partial charge in [-0.25, -0.2) is 4.98 Å². The largest absolute Gasteiger partial charge is 0.493 e. The summed E-state index contributed by atoms with van der Waals surface area (Å²) in [7, 11) is 1.68. The number of fused-ring (bicyclic) bond motifs is 2. The molecule has 1 atom stereocenters. The Morgan fingerprint density at radius 1 is 1.42 bits per heavy atom. The Balaban J connectivity index is 1.45. The number of ether oxygens (including phenoxy) is 1. The number of hydrogen-bond donors (Lipinski definition) is 1. The molecule has 0 fully saturated rings. The van der Waals surface area contributed by atoms with Gasteiger partial charge in [0.15, 0.2) is 5.16 Å². The lowest BCUT2D eigenvalue weighted by atomic mass is 10.0. The zero-order valence-electron chi connectivity index (χ0n) is 14.1. The molecule has 6 nitrogen and oxygen atoms in total. The summed E-state index contributed by atoms with van der Waals surface area (Å²) in [6, 6.07) is 9.53. The van der Waals surface area contributed by atoms with Gasteiger partial charge in [0.2, 0.25) is 5.91 Å². The van der Waals surface area contributed by atoms with Gasteiger partial charge in [0.25, 0.3) is 5.56 Å². The van der Waals surface area contributed by atoms with Crippen LogP contribution in [0.3, 0.4) is 0 Å². The fourth-order valence-electron chi connectivity index (χ4n) is 2.96. The van der Waals surface area contributed by atoms with Gasteiger partial charge in [0.05, 0.1) is 23.9 Å². The summed E-state index contributed by atoms with van der Waals surface area (Å²) >= 11 is 2.65. The van der Waals surface area contributed by atoms with Crippen LogP contribution in [0.2, 0.25) is 0 Å². The third-order valence-electron chi connectivity index (χ3n) is 4.27. The summed E-state index contributed by atoms with van der Waals surface area (Å²) < 4.78 is 7.76. The van der Waals surface area contributed by atoms with E-state index in [9.17, 15) is 9.59 Å². The van der Waals surface area contributed by atoms with Gasteiger partial charge in [-0.3, -0.25) is 14.2 Å². The number of benzene rings is 1. The molecule has 1 amide bonds. The van der Waals surface area contributed by atoms with Gasteiger partial charge in [-0.1, -0.05) is 30.0 Å². The van der Waals surface area contributed by atoms with E-state index in [0.29, 0.717) is 22.0 Å². The molecule has 0 bridgehead atoms. The third-order valence-corrected chi connectivity index (χ3v) is 6.19. The van der Waals surface area contributed by atoms with Crippen LogP contribution >= 0.6 is 23.1 Å². The highest BCUT2D eigenvalue weighted by molar-refractivity contribution is 7.99. The first kappa shape index (κ1) is 17.1. The van der Waals surface area contributed by atoms with E-state index in [-0.39, 0.29) is 23.3 Å². The second-order valence-corrected chi connectivity index (χ2v) is 7.84. The van der Waals surface area contributed by atoms with E-state index in [1.807, 2.05) is 35.7 Å². The van der Waals surface area contributed by atoms with E-state index in [1.165, 1.54) is 27.7 Å². The number of nitrogens with one attached hydrogen (secondary N) is 1. The van der Waals surface area contributed by atoms with Gasteiger partial charge in [-0.2, -0.15) is 0 Å². The van der Waals surface area contributed by atoms with E-state index in [0.717, 1.165) is 17.7 Å². The van der Waals surface area contributed by atoms with Crippen molar-refractivity contribution in [1.82, 2.24) is 14.9 Å². The minimum atomic E-state index is -0.0867. The number of aromatic nitrogens is 2. The van der Waals surface area contributed by atoms with Gasteiger partial charge in [-0.15, -0.1) is 11.3 Å². The number of rotatable bonds is 4. The Hall–Kier alpha value is -2.32. The first-order valence-corrected chi connectivity index (χ1v) is 10.1. The van der Waals surface area contributed by atoms with Crippen LogP contribution in [0, 0.1) is 0 Å². The first-order valence-electron chi connectivity index (χ1n) is 8.21. The van der Waals surface area contributed by atoms with Crippen molar-refractivity contribution < 1.29 is 9.53 Å². The number of carbonyl (C=O) groups excluding carboxylic acids is 1. The smallest absolute Gasteiger partial charge is 0.271 e. The van der Waals surface area contributed by atoms with Crippen molar-refractivity contribution in [2.24, 2.45) is 7.05 Å². The monoisotopic (exact) mass is 387 g/mol. The minimum absolute atomic E-state index is 0.0517. The lowest BCUT2D eigenvalue weighted by molar-refractivity contribution is -0.119. The summed E-state index contributed by atoms with van der Waals surface area (Å²) in [4.78, 5) is 29.2. The van der Waals surface area contributed by atoms with Crippen LogP contribution in [0.4, 0.5) is 0 Å². The number of carbonyl (C=O) groups is 1. The van der Waals surface area contributed by atoms with Gasteiger partial charge >= 0.3 is 0 Å². The number of nitrogens with zero attached hydrogens (tertiary/aromatic N) is 2. The van der Waals surface area contributed by atoms with Crippen molar-refractivity contribution in [3.8, 4) is 5.75 Å². The SMILES string of the molecule is Cn1c(SCC(=O)NC2CCOc3ccccc32)nc2ccsc2c1=O.